The summed E-state index contributed by atoms with van der Waals surface area (Å²) in [5, 5.41) is 9.33. The minimum atomic E-state index is -0.597. The van der Waals surface area contributed by atoms with E-state index in [9.17, 15) is 14.3 Å². The van der Waals surface area contributed by atoms with Crippen LogP contribution in [0, 0.1) is 5.82 Å². The van der Waals surface area contributed by atoms with Crippen LogP contribution in [0.1, 0.15) is 5.56 Å². The van der Waals surface area contributed by atoms with Crippen molar-refractivity contribution in [1.29, 1.82) is 0 Å². The van der Waals surface area contributed by atoms with E-state index in [-0.39, 0.29) is 17.9 Å². The van der Waals surface area contributed by atoms with Crippen LogP contribution in [-0.4, -0.2) is 11.2 Å². The second kappa shape index (κ2) is 4.16. The molecule has 0 amide bonds. The smallest absolute Gasteiger partial charge is 0.235 e. The molecule has 68 valence electrons. The molecule has 0 aliphatic heterocycles. The third-order valence-corrected chi connectivity index (χ3v) is 2.12. The molecule has 0 spiro atoms. The number of hydrogen-bond donors (Lipinski definition) is 1. The molecule has 1 aromatic carbocycles. The highest BCUT2D eigenvalue weighted by molar-refractivity contribution is 9.10. The molecule has 0 saturated heterocycles. The highest BCUT2D eigenvalue weighted by Crippen LogP contribution is 2.29. The normalized spacial score (nSPS) is 9.38. The topological polar surface area (TPSA) is 49.7 Å². The van der Waals surface area contributed by atoms with Crippen molar-refractivity contribution in [2.45, 2.75) is 6.54 Å². The van der Waals surface area contributed by atoms with E-state index in [0.29, 0.717) is 4.47 Å². The van der Waals surface area contributed by atoms with Crippen LogP contribution in [0.4, 0.5) is 4.39 Å². The summed E-state index contributed by atoms with van der Waals surface area (Å²) in [7, 11) is 0. The number of aliphatic imine (C=N–C) groups is 1. The zero-order chi connectivity index (χ0) is 9.84. The number of isocyanates is 1. The molecule has 3 nitrogen and oxygen atoms in total. The largest absolute Gasteiger partial charge is 0.506 e. The van der Waals surface area contributed by atoms with E-state index in [4.69, 9.17) is 0 Å². The van der Waals surface area contributed by atoms with Gasteiger partial charge in [0.05, 0.1) is 16.6 Å². The van der Waals surface area contributed by atoms with Crippen LogP contribution in [0.3, 0.4) is 0 Å². The fourth-order valence-electron chi connectivity index (χ4n) is 0.845. The Kier molecular flexibility index (Phi) is 3.17. The summed E-state index contributed by atoms with van der Waals surface area (Å²) < 4.78 is 13.3. The number of benzene rings is 1. The first-order valence-electron chi connectivity index (χ1n) is 3.36. The van der Waals surface area contributed by atoms with Gasteiger partial charge in [-0.25, -0.2) is 14.2 Å². The lowest BCUT2D eigenvalue weighted by molar-refractivity contribution is 0.455. The van der Waals surface area contributed by atoms with Crippen molar-refractivity contribution >= 4 is 22.0 Å². The van der Waals surface area contributed by atoms with Crippen molar-refractivity contribution in [1.82, 2.24) is 0 Å². The van der Waals surface area contributed by atoms with Crippen LogP contribution in [0.15, 0.2) is 21.6 Å². The molecule has 1 N–H and O–H groups in total. The maximum absolute atomic E-state index is 13.0. The molecular weight excluding hydrogens is 241 g/mol. The van der Waals surface area contributed by atoms with E-state index >= 15 is 0 Å². The molecule has 0 aliphatic rings. The second-order valence-corrected chi connectivity index (χ2v) is 3.12. The van der Waals surface area contributed by atoms with Gasteiger partial charge in [-0.3, -0.25) is 0 Å². The number of nitrogens with zero attached hydrogens (tertiary/aromatic N) is 1. The van der Waals surface area contributed by atoms with Crippen LogP contribution in [-0.2, 0) is 11.3 Å². The predicted molar refractivity (Wildman–Crippen MR) is 47.6 cm³/mol. The van der Waals surface area contributed by atoms with E-state index in [1.165, 1.54) is 18.2 Å². The molecule has 0 aliphatic carbocycles. The second-order valence-electron chi connectivity index (χ2n) is 2.26. The molecule has 1 rings (SSSR count). The van der Waals surface area contributed by atoms with E-state index in [0.717, 1.165) is 0 Å². The molecule has 0 bridgehead atoms. The zero-order valence-corrected chi connectivity index (χ0v) is 8.01. The first kappa shape index (κ1) is 9.89. The molecule has 0 fully saturated rings. The molecule has 1 aromatic rings. The lowest BCUT2D eigenvalue weighted by Crippen LogP contribution is -1.89. The van der Waals surface area contributed by atoms with Crippen LogP contribution < -0.4 is 0 Å². The standard InChI is InChI=1S/C8H5BrFNO2/c9-6-1-2-7(10)5(8(6)13)3-11-4-12/h1-2,13H,3H2. The lowest BCUT2D eigenvalue weighted by atomic mass is 10.2. The van der Waals surface area contributed by atoms with Crippen molar-refractivity contribution in [3.05, 3.63) is 28.0 Å². The number of phenols is 1. The highest BCUT2D eigenvalue weighted by Gasteiger charge is 2.10. The Labute approximate surface area is 82.0 Å². The van der Waals surface area contributed by atoms with E-state index in [1.54, 1.807) is 0 Å². The van der Waals surface area contributed by atoms with Crippen molar-refractivity contribution in [2.75, 3.05) is 0 Å². The molecule has 0 atom stereocenters. The summed E-state index contributed by atoms with van der Waals surface area (Å²) in [5.41, 5.74) is -0.0160. The average molecular weight is 246 g/mol. The van der Waals surface area contributed by atoms with Crippen LogP contribution in [0.5, 0.6) is 5.75 Å². The average Bonchev–Trinajstić information content (AvgIpc) is 2.12. The molecule has 0 heterocycles. The summed E-state index contributed by atoms with van der Waals surface area (Å²) in [6, 6.07) is 2.55. The van der Waals surface area contributed by atoms with Gasteiger partial charge in [0.2, 0.25) is 6.08 Å². The van der Waals surface area contributed by atoms with Gasteiger partial charge in [0.1, 0.15) is 11.6 Å². The number of carbonyl (C=O) groups excluding carboxylic acids is 1. The van der Waals surface area contributed by atoms with Gasteiger partial charge in [-0.05, 0) is 28.1 Å². The van der Waals surface area contributed by atoms with Gasteiger partial charge in [0.15, 0.2) is 0 Å². The molecule has 13 heavy (non-hydrogen) atoms. The first-order chi connectivity index (χ1) is 6.16. The van der Waals surface area contributed by atoms with Gasteiger partial charge in [-0.2, -0.15) is 0 Å². The monoisotopic (exact) mass is 245 g/mol. The molecule has 0 aromatic heterocycles. The fourth-order valence-corrected chi connectivity index (χ4v) is 1.22. The lowest BCUT2D eigenvalue weighted by Gasteiger charge is -2.03. The van der Waals surface area contributed by atoms with Gasteiger partial charge in [-0.15, -0.1) is 0 Å². The maximum Gasteiger partial charge on any atom is 0.235 e. The minimum absolute atomic E-state index is 0.0160. The number of rotatable bonds is 2. The third-order valence-electron chi connectivity index (χ3n) is 1.48. The molecule has 5 heteroatoms. The SMILES string of the molecule is O=C=NCc1c(F)ccc(Br)c1O. The Morgan fingerprint density at radius 2 is 2.31 bits per heavy atom. The molecule has 0 saturated carbocycles. The Balaban J connectivity index is 3.16. The minimum Gasteiger partial charge on any atom is -0.506 e. The summed E-state index contributed by atoms with van der Waals surface area (Å²) in [4.78, 5) is 13.0. The number of hydrogen-bond acceptors (Lipinski definition) is 3. The number of phenolic OH excluding ortho intramolecular Hbond substituents is 1. The van der Waals surface area contributed by atoms with Gasteiger partial charge >= 0.3 is 0 Å². The highest BCUT2D eigenvalue weighted by atomic mass is 79.9. The van der Waals surface area contributed by atoms with Gasteiger partial charge < -0.3 is 5.11 Å². The van der Waals surface area contributed by atoms with E-state index in [2.05, 4.69) is 20.9 Å². The molecule has 0 unspecified atom stereocenters. The summed E-state index contributed by atoms with van der Waals surface area (Å²) in [5.74, 6) is -0.835. The van der Waals surface area contributed by atoms with Crippen molar-refractivity contribution in [2.24, 2.45) is 4.99 Å². The fraction of sp³-hybridized carbons (Fsp3) is 0.125. The third kappa shape index (κ3) is 2.14. The Hall–Kier alpha value is -1.19. The summed E-state index contributed by atoms with van der Waals surface area (Å²) >= 11 is 3.02. The quantitative estimate of drug-likeness (QED) is 0.641. The summed E-state index contributed by atoms with van der Waals surface area (Å²) in [6.45, 7) is -0.208. The van der Waals surface area contributed by atoms with Gasteiger partial charge in [-0.1, -0.05) is 0 Å². The van der Waals surface area contributed by atoms with Crippen molar-refractivity contribution in [3.63, 3.8) is 0 Å². The first-order valence-corrected chi connectivity index (χ1v) is 4.15. The Morgan fingerprint density at radius 3 is 2.92 bits per heavy atom. The van der Waals surface area contributed by atoms with E-state index < -0.39 is 5.82 Å². The van der Waals surface area contributed by atoms with Crippen molar-refractivity contribution in [3.8, 4) is 5.75 Å². The predicted octanol–water partition coefficient (Wildman–Crippen LogP) is 2.13. The molecule has 0 radical (unpaired) electrons. The molecular formula is C8H5BrFNO2. The van der Waals surface area contributed by atoms with Gasteiger partial charge in [0, 0.05) is 0 Å². The number of aromatic hydroxyl groups is 1. The van der Waals surface area contributed by atoms with Crippen LogP contribution in [0.2, 0.25) is 0 Å². The zero-order valence-electron chi connectivity index (χ0n) is 6.42. The Morgan fingerprint density at radius 1 is 1.62 bits per heavy atom. The van der Waals surface area contributed by atoms with Gasteiger partial charge in [0.25, 0.3) is 0 Å². The number of halogens is 2. The Bertz CT molecular complexity index is 375. The van der Waals surface area contributed by atoms with E-state index in [1.807, 2.05) is 0 Å². The van der Waals surface area contributed by atoms with Crippen LogP contribution in [0.25, 0.3) is 0 Å². The van der Waals surface area contributed by atoms with Crippen molar-refractivity contribution < 1.29 is 14.3 Å². The summed E-state index contributed by atoms with van der Waals surface area (Å²) in [6.07, 6.45) is 1.27. The maximum atomic E-state index is 13.0. The van der Waals surface area contributed by atoms with Crippen LogP contribution >= 0.6 is 15.9 Å².